The van der Waals surface area contributed by atoms with Crippen molar-refractivity contribution in [2.24, 2.45) is 0 Å². The Morgan fingerprint density at radius 3 is 2.75 bits per heavy atom. The van der Waals surface area contributed by atoms with Crippen molar-refractivity contribution in [3.05, 3.63) is 59.7 Å². The third-order valence-corrected chi connectivity index (χ3v) is 5.14. The van der Waals surface area contributed by atoms with E-state index < -0.39 is 0 Å². The van der Waals surface area contributed by atoms with Crippen LogP contribution < -0.4 is 0 Å². The summed E-state index contributed by atoms with van der Waals surface area (Å²) in [7, 11) is 0. The van der Waals surface area contributed by atoms with Gasteiger partial charge in [0.1, 0.15) is 0 Å². The van der Waals surface area contributed by atoms with Crippen LogP contribution in [0.15, 0.2) is 42.7 Å². The quantitative estimate of drug-likeness (QED) is 0.865. The molecule has 4 heterocycles. The molecule has 2 aliphatic rings. The van der Waals surface area contributed by atoms with E-state index in [0.717, 1.165) is 30.9 Å². The monoisotopic (exact) mass is 322 g/mol. The van der Waals surface area contributed by atoms with Crippen molar-refractivity contribution in [2.45, 2.75) is 44.9 Å². The van der Waals surface area contributed by atoms with Gasteiger partial charge in [0.15, 0.2) is 0 Å². The SMILES string of the molecule is Cc1cccc(CN2C(=O)C[C@@H]3[C@@H]2CCN3Cc2ccncc2)n1. The van der Waals surface area contributed by atoms with Gasteiger partial charge in [-0.05, 0) is 43.2 Å². The van der Waals surface area contributed by atoms with Gasteiger partial charge in [-0.25, -0.2) is 0 Å². The molecule has 2 saturated heterocycles. The van der Waals surface area contributed by atoms with Gasteiger partial charge in [-0.1, -0.05) is 6.07 Å². The Kier molecular flexibility index (Phi) is 4.02. The summed E-state index contributed by atoms with van der Waals surface area (Å²) in [4.78, 5) is 25.7. The summed E-state index contributed by atoms with van der Waals surface area (Å²) >= 11 is 0. The van der Waals surface area contributed by atoms with E-state index in [1.165, 1.54) is 5.56 Å². The molecule has 0 saturated carbocycles. The molecular formula is C19H22N4O. The number of rotatable bonds is 4. The standard InChI is InChI=1S/C19H22N4O/c1-14-3-2-4-16(21-14)13-23-17-7-10-22(18(17)11-19(23)24)12-15-5-8-20-9-6-15/h2-6,8-9,17-18H,7,10-13H2,1H3/t17-,18+/m0/s1. The number of aryl methyl sites for hydroxylation is 1. The fourth-order valence-corrected chi connectivity index (χ4v) is 4.00. The number of carbonyl (C=O) groups excluding carboxylic acids is 1. The number of hydrogen-bond donors (Lipinski definition) is 0. The molecule has 1 amide bonds. The fraction of sp³-hybridized carbons (Fsp3) is 0.421. The molecule has 0 unspecified atom stereocenters. The number of pyridine rings is 2. The summed E-state index contributed by atoms with van der Waals surface area (Å²) < 4.78 is 0. The molecule has 0 spiro atoms. The molecule has 0 aliphatic carbocycles. The molecule has 0 bridgehead atoms. The lowest BCUT2D eigenvalue weighted by atomic mass is 10.1. The van der Waals surface area contributed by atoms with Crippen molar-refractivity contribution < 1.29 is 4.79 Å². The van der Waals surface area contributed by atoms with Gasteiger partial charge in [0.05, 0.1) is 12.2 Å². The van der Waals surface area contributed by atoms with Crippen LogP contribution in [-0.2, 0) is 17.9 Å². The Balaban J connectivity index is 1.47. The Morgan fingerprint density at radius 2 is 1.96 bits per heavy atom. The molecule has 24 heavy (non-hydrogen) atoms. The molecular weight excluding hydrogens is 300 g/mol. The summed E-state index contributed by atoms with van der Waals surface area (Å²) in [5.41, 5.74) is 3.25. The van der Waals surface area contributed by atoms with E-state index in [2.05, 4.69) is 27.0 Å². The van der Waals surface area contributed by atoms with Gasteiger partial charge in [-0.3, -0.25) is 19.7 Å². The highest BCUT2D eigenvalue weighted by molar-refractivity contribution is 5.80. The van der Waals surface area contributed by atoms with Gasteiger partial charge >= 0.3 is 0 Å². The second-order valence-corrected chi connectivity index (χ2v) is 6.75. The molecule has 2 atom stereocenters. The Labute approximate surface area is 142 Å². The number of fused-ring (bicyclic) bond motifs is 1. The molecule has 0 N–H and O–H groups in total. The van der Waals surface area contributed by atoms with E-state index in [1.807, 2.05) is 42.4 Å². The molecule has 2 fully saturated rings. The van der Waals surface area contributed by atoms with Gasteiger partial charge < -0.3 is 4.90 Å². The van der Waals surface area contributed by atoms with Gasteiger partial charge in [0, 0.05) is 49.7 Å². The van der Waals surface area contributed by atoms with Crippen LogP contribution in [0.4, 0.5) is 0 Å². The zero-order chi connectivity index (χ0) is 16.5. The Hall–Kier alpha value is -2.27. The topological polar surface area (TPSA) is 49.3 Å². The first kappa shape index (κ1) is 15.3. The predicted molar refractivity (Wildman–Crippen MR) is 91.0 cm³/mol. The lowest BCUT2D eigenvalue weighted by Crippen LogP contribution is -2.36. The first-order valence-electron chi connectivity index (χ1n) is 8.55. The van der Waals surface area contributed by atoms with Crippen LogP contribution in [0.3, 0.4) is 0 Å². The molecule has 2 aromatic rings. The van der Waals surface area contributed by atoms with Gasteiger partial charge in [0.2, 0.25) is 5.91 Å². The highest BCUT2D eigenvalue weighted by atomic mass is 16.2. The zero-order valence-electron chi connectivity index (χ0n) is 13.9. The normalized spacial score (nSPS) is 23.7. The summed E-state index contributed by atoms with van der Waals surface area (Å²) in [6.07, 6.45) is 5.34. The number of hydrogen-bond acceptors (Lipinski definition) is 4. The highest BCUT2D eigenvalue weighted by Crippen LogP contribution is 2.34. The largest absolute Gasteiger partial charge is 0.332 e. The fourth-order valence-electron chi connectivity index (χ4n) is 4.00. The Morgan fingerprint density at radius 1 is 1.12 bits per heavy atom. The van der Waals surface area contributed by atoms with Crippen LogP contribution >= 0.6 is 0 Å². The highest BCUT2D eigenvalue weighted by Gasteiger charge is 2.46. The molecule has 2 aromatic heterocycles. The molecule has 0 radical (unpaired) electrons. The number of likely N-dealkylation sites (tertiary alicyclic amines) is 2. The molecule has 4 rings (SSSR count). The summed E-state index contributed by atoms with van der Waals surface area (Å²) in [5, 5.41) is 0. The first-order valence-corrected chi connectivity index (χ1v) is 8.55. The van der Waals surface area contributed by atoms with E-state index in [1.54, 1.807) is 0 Å². The van der Waals surface area contributed by atoms with Gasteiger partial charge in [0.25, 0.3) is 0 Å². The third-order valence-electron chi connectivity index (χ3n) is 5.14. The van der Waals surface area contributed by atoms with Crippen molar-refractivity contribution in [1.29, 1.82) is 0 Å². The van der Waals surface area contributed by atoms with Crippen LogP contribution in [0, 0.1) is 6.92 Å². The smallest absolute Gasteiger partial charge is 0.224 e. The average molecular weight is 322 g/mol. The Bertz CT molecular complexity index is 733. The van der Waals surface area contributed by atoms with Crippen LogP contribution in [0.1, 0.15) is 29.8 Å². The molecule has 0 aromatic carbocycles. The summed E-state index contributed by atoms with van der Waals surface area (Å²) in [5.74, 6) is 0.257. The van der Waals surface area contributed by atoms with Crippen molar-refractivity contribution in [1.82, 2.24) is 19.8 Å². The zero-order valence-corrected chi connectivity index (χ0v) is 13.9. The number of aromatic nitrogens is 2. The second-order valence-electron chi connectivity index (χ2n) is 6.75. The second kappa shape index (κ2) is 6.32. The molecule has 124 valence electrons. The predicted octanol–water partition coefficient (Wildman–Crippen LogP) is 2.16. The minimum atomic E-state index is 0.257. The minimum absolute atomic E-state index is 0.257. The van der Waals surface area contributed by atoms with E-state index in [0.29, 0.717) is 25.0 Å². The van der Waals surface area contributed by atoms with E-state index in [9.17, 15) is 4.79 Å². The van der Waals surface area contributed by atoms with Crippen molar-refractivity contribution in [3.63, 3.8) is 0 Å². The average Bonchev–Trinajstić information content (AvgIpc) is 3.09. The first-order chi connectivity index (χ1) is 11.7. The van der Waals surface area contributed by atoms with E-state index in [-0.39, 0.29) is 5.91 Å². The minimum Gasteiger partial charge on any atom is -0.332 e. The van der Waals surface area contributed by atoms with Crippen molar-refractivity contribution in [3.8, 4) is 0 Å². The van der Waals surface area contributed by atoms with Crippen LogP contribution in [0.25, 0.3) is 0 Å². The van der Waals surface area contributed by atoms with Crippen LogP contribution in [-0.4, -0.2) is 44.3 Å². The lowest BCUT2D eigenvalue weighted by molar-refractivity contribution is -0.129. The van der Waals surface area contributed by atoms with Gasteiger partial charge in [-0.2, -0.15) is 0 Å². The van der Waals surface area contributed by atoms with Crippen molar-refractivity contribution in [2.75, 3.05) is 6.54 Å². The maximum absolute atomic E-state index is 12.5. The van der Waals surface area contributed by atoms with Crippen molar-refractivity contribution >= 4 is 5.91 Å². The molecule has 5 nitrogen and oxygen atoms in total. The van der Waals surface area contributed by atoms with Crippen LogP contribution in [0.5, 0.6) is 0 Å². The number of nitrogens with zero attached hydrogens (tertiary/aromatic N) is 4. The molecule has 2 aliphatic heterocycles. The van der Waals surface area contributed by atoms with E-state index in [4.69, 9.17) is 0 Å². The van der Waals surface area contributed by atoms with Gasteiger partial charge in [-0.15, -0.1) is 0 Å². The van der Waals surface area contributed by atoms with E-state index >= 15 is 0 Å². The maximum atomic E-state index is 12.5. The summed E-state index contributed by atoms with van der Waals surface area (Å²) in [6.45, 7) is 4.56. The lowest BCUT2D eigenvalue weighted by Gasteiger charge is -2.25. The number of amides is 1. The summed E-state index contributed by atoms with van der Waals surface area (Å²) in [6, 6.07) is 10.8. The third kappa shape index (κ3) is 2.91. The molecule has 5 heteroatoms. The number of carbonyl (C=O) groups is 1. The maximum Gasteiger partial charge on any atom is 0.224 e. The van der Waals surface area contributed by atoms with Crippen LogP contribution in [0.2, 0.25) is 0 Å².